The van der Waals surface area contributed by atoms with Gasteiger partial charge in [0.1, 0.15) is 5.54 Å². The Morgan fingerprint density at radius 1 is 1.43 bits per heavy atom. The van der Waals surface area contributed by atoms with E-state index in [1.54, 1.807) is 23.1 Å². The van der Waals surface area contributed by atoms with Crippen molar-refractivity contribution in [1.82, 2.24) is 10.3 Å². The Balaban J connectivity index is 2.08. The molecule has 1 N–H and O–H groups in total. The van der Waals surface area contributed by atoms with Crippen LogP contribution in [-0.4, -0.2) is 35.4 Å². The van der Waals surface area contributed by atoms with Gasteiger partial charge in [-0.2, -0.15) is 0 Å². The molecule has 114 valence electrons. The molecule has 1 unspecified atom stereocenters. The van der Waals surface area contributed by atoms with Crippen LogP contribution in [0.15, 0.2) is 28.6 Å². The average molecular weight is 324 g/mol. The van der Waals surface area contributed by atoms with E-state index in [4.69, 9.17) is 4.74 Å². The predicted octanol–water partition coefficient (Wildman–Crippen LogP) is 3.32. The molecule has 0 aliphatic rings. The second-order valence-electron chi connectivity index (χ2n) is 4.82. The van der Waals surface area contributed by atoms with Crippen LogP contribution >= 0.6 is 23.1 Å². The molecule has 1 aromatic carbocycles. The first-order valence-electron chi connectivity index (χ1n) is 6.99. The molecular formula is C15H20N2O2S2. The van der Waals surface area contributed by atoms with Crippen LogP contribution in [0, 0.1) is 0 Å². The minimum absolute atomic E-state index is 0.208. The summed E-state index contributed by atoms with van der Waals surface area (Å²) in [6, 6.07) is 8.06. The number of aromatic nitrogens is 1. The highest BCUT2D eigenvalue weighted by atomic mass is 32.2. The van der Waals surface area contributed by atoms with Gasteiger partial charge in [0.2, 0.25) is 0 Å². The highest BCUT2D eigenvalue weighted by Crippen LogP contribution is 2.31. The number of rotatable bonds is 7. The van der Waals surface area contributed by atoms with Gasteiger partial charge in [-0.05, 0) is 32.5 Å². The van der Waals surface area contributed by atoms with E-state index in [1.165, 1.54) is 4.70 Å². The predicted molar refractivity (Wildman–Crippen MR) is 89.1 cm³/mol. The van der Waals surface area contributed by atoms with Gasteiger partial charge in [-0.25, -0.2) is 4.98 Å². The molecule has 0 radical (unpaired) electrons. The van der Waals surface area contributed by atoms with E-state index < -0.39 is 5.54 Å². The lowest BCUT2D eigenvalue weighted by Crippen LogP contribution is -2.52. The van der Waals surface area contributed by atoms with E-state index in [0.717, 1.165) is 16.4 Å². The van der Waals surface area contributed by atoms with E-state index in [0.29, 0.717) is 12.4 Å². The van der Waals surface area contributed by atoms with Crippen LogP contribution in [0.25, 0.3) is 10.2 Å². The van der Waals surface area contributed by atoms with Crippen LogP contribution in [0.3, 0.4) is 0 Å². The van der Waals surface area contributed by atoms with Crippen molar-refractivity contribution in [2.24, 2.45) is 0 Å². The molecular weight excluding hydrogens is 304 g/mol. The number of carbonyl (C=O) groups excluding carboxylic acids is 1. The van der Waals surface area contributed by atoms with Gasteiger partial charge in [0.15, 0.2) is 4.34 Å². The first-order chi connectivity index (χ1) is 10.1. The number of hydrogen-bond donors (Lipinski definition) is 1. The Morgan fingerprint density at radius 3 is 2.86 bits per heavy atom. The van der Waals surface area contributed by atoms with Gasteiger partial charge in [-0.15, -0.1) is 11.3 Å². The van der Waals surface area contributed by atoms with Crippen molar-refractivity contribution in [1.29, 1.82) is 0 Å². The van der Waals surface area contributed by atoms with E-state index in [2.05, 4.69) is 16.4 Å². The highest BCUT2D eigenvalue weighted by Gasteiger charge is 2.34. The van der Waals surface area contributed by atoms with Crippen molar-refractivity contribution in [3.63, 3.8) is 0 Å². The smallest absolute Gasteiger partial charge is 0.326 e. The van der Waals surface area contributed by atoms with Gasteiger partial charge in [0.05, 0.1) is 16.8 Å². The van der Waals surface area contributed by atoms with Crippen molar-refractivity contribution >= 4 is 39.3 Å². The van der Waals surface area contributed by atoms with Crippen molar-refractivity contribution in [2.45, 2.75) is 30.6 Å². The first kappa shape index (κ1) is 16.3. The van der Waals surface area contributed by atoms with Gasteiger partial charge < -0.3 is 10.1 Å². The van der Waals surface area contributed by atoms with Crippen LogP contribution < -0.4 is 5.32 Å². The summed E-state index contributed by atoms with van der Waals surface area (Å²) < 4.78 is 7.32. The summed E-state index contributed by atoms with van der Waals surface area (Å²) in [6.07, 6.45) is 0. The SMILES string of the molecule is CCNC(C)(CSc1nc2ccccc2s1)C(=O)OCC. The molecule has 1 atom stereocenters. The molecule has 0 amide bonds. The molecule has 2 rings (SSSR count). The van der Waals surface area contributed by atoms with Crippen molar-refractivity contribution in [3.8, 4) is 0 Å². The summed E-state index contributed by atoms with van der Waals surface area (Å²) >= 11 is 3.24. The maximum atomic E-state index is 12.1. The van der Waals surface area contributed by atoms with Gasteiger partial charge in [-0.3, -0.25) is 4.79 Å². The summed E-state index contributed by atoms with van der Waals surface area (Å²) in [4.78, 5) is 16.7. The average Bonchev–Trinajstić information content (AvgIpc) is 2.88. The number of benzene rings is 1. The zero-order valence-corrected chi connectivity index (χ0v) is 14.1. The Hall–Kier alpha value is -1.11. The van der Waals surface area contributed by atoms with E-state index in [-0.39, 0.29) is 5.97 Å². The Kier molecular flexibility index (Phi) is 5.61. The summed E-state index contributed by atoms with van der Waals surface area (Å²) in [5.74, 6) is 0.389. The molecule has 2 aromatic rings. The van der Waals surface area contributed by atoms with Gasteiger partial charge in [0.25, 0.3) is 0 Å². The molecule has 0 saturated heterocycles. The lowest BCUT2D eigenvalue weighted by Gasteiger charge is -2.27. The Bertz CT molecular complexity index is 581. The number of likely N-dealkylation sites (N-methyl/N-ethyl adjacent to an activating group) is 1. The molecule has 1 aromatic heterocycles. The number of thioether (sulfide) groups is 1. The van der Waals surface area contributed by atoms with Crippen LogP contribution in [-0.2, 0) is 9.53 Å². The molecule has 6 heteroatoms. The minimum Gasteiger partial charge on any atom is -0.465 e. The summed E-state index contributed by atoms with van der Waals surface area (Å²) in [5, 5.41) is 3.23. The fraction of sp³-hybridized carbons (Fsp3) is 0.467. The van der Waals surface area contributed by atoms with E-state index in [9.17, 15) is 4.79 Å². The molecule has 1 heterocycles. The second-order valence-corrected chi connectivity index (χ2v) is 7.07. The number of ether oxygens (including phenoxy) is 1. The summed E-state index contributed by atoms with van der Waals surface area (Å²) in [5.41, 5.74) is 0.319. The summed E-state index contributed by atoms with van der Waals surface area (Å²) in [7, 11) is 0. The van der Waals surface area contributed by atoms with E-state index >= 15 is 0 Å². The van der Waals surface area contributed by atoms with E-state index in [1.807, 2.05) is 39.0 Å². The van der Waals surface area contributed by atoms with Crippen LogP contribution in [0.5, 0.6) is 0 Å². The quantitative estimate of drug-likeness (QED) is 0.625. The monoisotopic (exact) mass is 324 g/mol. The Morgan fingerprint density at radius 2 is 2.19 bits per heavy atom. The number of nitrogens with one attached hydrogen (secondary N) is 1. The molecule has 21 heavy (non-hydrogen) atoms. The number of hydrogen-bond acceptors (Lipinski definition) is 6. The highest BCUT2D eigenvalue weighted by molar-refractivity contribution is 8.01. The largest absolute Gasteiger partial charge is 0.465 e. The molecule has 0 fully saturated rings. The number of carbonyl (C=O) groups is 1. The fourth-order valence-electron chi connectivity index (χ4n) is 1.98. The third-order valence-electron chi connectivity index (χ3n) is 3.05. The second kappa shape index (κ2) is 7.24. The lowest BCUT2D eigenvalue weighted by molar-refractivity contribution is -0.149. The number of para-hydroxylation sites is 1. The number of nitrogens with zero attached hydrogens (tertiary/aromatic N) is 1. The van der Waals surface area contributed by atoms with Gasteiger partial charge >= 0.3 is 5.97 Å². The minimum atomic E-state index is -0.687. The number of fused-ring (bicyclic) bond motifs is 1. The van der Waals surface area contributed by atoms with Gasteiger partial charge in [-0.1, -0.05) is 30.8 Å². The zero-order valence-electron chi connectivity index (χ0n) is 12.5. The standard InChI is InChI=1S/C15H20N2O2S2/c1-4-16-15(3,13(18)19-5-2)10-20-14-17-11-8-6-7-9-12(11)21-14/h6-9,16H,4-5,10H2,1-3H3. The van der Waals surface area contributed by atoms with Crippen LogP contribution in [0.2, 0.25) is 0 Å². The third kappa shape index (κ3) is 3.96. The maximum absolute atomic E-state index is 12.1. The number of thiazole rings is 1. The van der Waals surface area contributed by atoms with Crippen molar-refractivity contribution < 1.29 is 9.53 Å². The van der Waals surface area contributed by atoms with Gasteiger partial charge in [0, 0.05) is 5.75 Å². The molecule has 0 saturated carbocycles. The first-order valence-corrected chi connectivity index (χ1v) is 8.80. The molecule has 0 aliphatic carbocycles. The maximum Gasteiger partial charge on any atom is 0.326 e. The fourth-order valence-corrected chi connectivity index (χ4v) is 4.16. The third-order valence-corrected chi connectivity index (χ3v) is 5.55. The van der Waals surface area contributed by atoms with Crippen LogP contribution in [0.4, 0.5) is 0 Å². The molecule has 0 spiro atoms. The molecule has 0 bridgehead atoms. The topological polar surface area (TPSA) is 51.2 Å². The zero-order chi connectivity index (χ0) is 15.3. The molecule has 4 nitrogen and oxygen atoms in total. The van der Waals surface area contributed by atoms with Crippen molar-refractivity contribution in [2.75, 3.05) is 18.9 Å². The normalized spacial score (nSPS) is 14.0. The molecule has 0 aliphatic heterocycles. The summed E-state index contributed by atoms with van der Waals surface area (Å²) in [6.45, 7) is 6.81. The number of esters is 1. The lowest BCUT2D eigenvalue weighted by atomic mass is 10.1. The Labute approximate surface area is 133 Å². The van der Waals surface area contributed by atoms with Crippen LogP contribution in [0.1, 0.15) is 20.8 Å². The van der Waals surface area contributed by atoms with Crippen molar-refractivity contribution in [3.05, 3.63) is 24.3 Å².